The highest BCUT2D eigenvalue weighted by Gasteiger charge is 2.12. The van der Waals surface area contributed by atoms with Crippen molar-refractivity contribution in [1.82, 2.24) is 4.57 Å². The molecule has 0 spiro atoms. The molecule has 7 heteroatoms. The minimum atomic E-state index is -0.250. The zero-order valence-electron chi connectivity index (χ0n) is 15.7. The molecule has 1 aromatic heterocycles. The number of amides is 1. The van der Waals surface area contributed by atoms with Crippen molar-refractivity contribution >= 4 is 57.5 Å². The fraction of sp³-hybridized carbons (Fsp3) is 0.0870. The number of thioether (sulfide) groups is 1. The van der Waals surface area contributed by atoms with E-state index in [2.05, 4.69) is 9.88 Å². The highest BCUT2D eigenvalue weighted by molar-refractivity contribution is 8.00. The number of aromatic nitrogens is 1. The molecule has 0 aliphatic heterocycles. The van der Waals surface area contributed by atoms with Crippen LogP contribution in [0.2, 0.25) is 10.0 Å². The third kappa shape index (κ3) is 4.81. The van der Waals surface area contributed by atoms with E-state index in [0.717, 1.165) is 21.4 Å². The Morgan fingerprint density at radius 1 is 1.00 bits per heavy atom. The molecule has 0 aliphatic carbocycles. The first-order chi connectivity index (χ1) is 14.5. The van der Waals surface area contributed by atoms with Gasteiger partial charge in [0.05, 0.1) is 15.8 Å². The number of fused-ring (bicyclic) bond motifs is 1. The number of hydrogen-bond acceptors (Lipinski definition) is 2. The van der Waals surface area contributed by atoms with Crippen LogP contribution in [0.4, 0.5) is 10.1 Å². The molecule has 0 saturated heterocycles. The maximum absolute atomic E-state index is 13.2. The van der Waals surface area contributed by atoms with Gasteiger partial charge in [0.1, 0.15) is 5.82 Å². The fourth-order valence-electron chi connectivity index (χ4n) is 3.16. The van der Waals surface area contributed by atoms with Crippen LogP contribution in [-0.4, -0.2) is 16.2 Å². The second kappa shape index (κ2) is 9.13. The summed E-state index contributed by atoms with van der Waals surface area (Å²) in [4.78, 5) is 13.4. The van der Waals surface area contributed by atoms with E-state index in [-0.39, 0.29) is 17.5 Å². The van der Waals surface area contributed by atoms with Crippen LogP contribution in [0.15, 0.2) is 77.8 Å². The predicted molar refractivity (Wildman–Crippen MR) is 123 cm³/mol. The van der Waals surface area contributed by atoms with Gasteiger partial charge >= 0.3 is 0 Å². The minimum absolute atomic E-state index is 0.131. The van der Waals surface area contributed by atoms with Gasteiger partial charge in [-0.1, -0.05) is 53.5 Å². The maximum Gasteiger partial charge on any atom is 0.234 e. The minimum Gasteiger partial charge on any atom is -0.342 e. The number of hydrogen-bond donors (Lipinski definition) is 1. The number of rotatable bonds is 6. The van der Waals surface area contributed by atoms with Crippen LogP contribution in [0.1, 0.15) is 5.56 Å². The molecule has 0 atom stereocenters. The summed E-state index contributed by atoms with van der Waals surface area (Å²) in [5.74, 6) is -0.126. The van der Waals surface area contributed by atoms with Gasteiger partial charge in [-0.3, -0.25) is 4.79 Å². The van der Waals surface area contributed by atoms with Gasteiger partial charge < -0.3 is 9.88 Å². The monoisotopic (exact) mass is 458 g/mol. The SMILES string of the molecule is O=C(CSc1cn(Cc2ccc(F)cc2)c2ccccc12)Nc1ccc(Cl)c(Cl)c1. The van der Waals surface area contributed by atoms with Crippen molar-refractivity contribution in [3.8, 4) is 0 Å². The molecular formula is C23H17Cl2FN2OS. The second-order valence-electron chi connectivity index (χ2n) is 6.73. The molecule has 1 amide bonds. The van der Waals surface area contributed by atoms with Crippen molar-refractivity contribution in [3.05, 3.63) is 94.4 Å². The molecule has 4 rings (SSSR count). The van der Waals surface area contributed by atoms with E-state index in [1.165, 1.54) is 23.9 Å². The second-order valence-corrected chi connectivity index (χ2v) is 8.56. The number of nitrogens with one attached hydrogen (secondary N) is 1. The number of carbonyl (C=O) groups is 1. The van der Waals surface area contributed by atoms with E-state index < -0.39 is 0 Å². The van der Waals surface area contributed by atoms with Gasteiger partial charge in [-0.2, -0.15) is 0 Å². The van der Waals surface area contributed by atoms with Crippen molar-refractivity contribution in [3.63, 3.8) is 0 Å². The molecule has 152 valence electrons. The predicted octanol–water partition coefficient (Wildman–Crippen LogP) is 6.87. The third-order valence-corrected chi connectivity index (χ3v) is 6.36. The Labute approximate surface area is 187 Å². The normalized spacial score (nSPS) is 11.0. The van der Waals surface area contributed by atoms with E-state index in [4.69, 9.17) is 23.2 Å². The molecule has 0 radical (unpaired) electrons. The lowest BCUT2D eigenvalue weighted by molar-refractivity contribution is -0.113. The number of para-hydroxylation sites is 1. The third-order valence-electron chi connectivity index (χ3n) is 4.58. The van der Waals surface area contributed by atoms with E-state index in [9.17, 15) is 9.18 Å². The number of nitrogens with zero attached hydrogens (tertiary/aromatic N) is 1. The zero-order valence-corrected chi connectivity index (χ0v) is 18.1. The van der Waals surface area contributed by atoms with Crippen LogP contribution >= 0.6 is 35.0 Å². The summed E-state index contributed by atoms with van der Waals surface area (Å²) in [6, 6.07) is 19.5. The van der Waals surface area contributed by atoms with Gasteiger partial charge in [-0.05, 0) is 42.0 Å². The van der Waals surface area contributed by atoms with Crippen LogP contribution in [-0.2, 0) is 11.3 Å². The Balaban J connectivity index is 1.49. The van der Waals surface area contributed by atoms with Gasteiger partial charge in [0.2, 0.25) is 5.91 Å². The summed E-state index contributed by atoms with van der Waals surface area (Å²) in [5, 5.41) is 4.75. The van der Waals surface area contributed by atoms with Crippen LogP contribution in [0.3, 0.4) is 0 Å². The first-order valence-electron chi connectivity index (χ1n) is 9.19. The highest BCUT2D eigenvalue weighted by atomic mass is 35.5. The molecule has 30 heavy (non-hydrogen) atoms. The molecule has 1 N–H and O–H groups in total. The quantitative estimate of drug-likeness (QED) is 0.320. The first-order valence-corrected chi connectivity index (χ1v) is 10.9. The van der Waals surface area contributed by atoms with Crippen molar-refractivity contribution in [2.45, 2.75) is 11.4 Å². The summed E-state index contributed by atoms with van der Waals surface area (Å²) in [6.07, 6.45) is 2.03. The van der Waals surface area contributed by atoms with Crippen LogP contribution in [0.25, 0.3) is 10.9 Å². The molecule has 0 saturated carbocycles. The molecule has 4 aromatic rings. The maximum atomic E-state index is 13.2. The summed E-state index contributed by atoms with van der Waals surface area (Å²) in [6.45, 7) is 0.622. The summed E-state index contributed by atoms with van der Waals surface area (Å²) < 4.78 is 15.3. The molecule has 0 aliphatic rings. The van der Waals surface area contributed by atoms with Crippen LogP contribution in [0, 0.1) is 5.82 Å². The van der Waals surface area contributed by atoms with Gasteiger partial charge in [0.15, 0.2) is 0 Å². The number of anilines is 1. The number of carbonyl (C=O) groups excluding carboxylic acids is 1. The van der Waals surface area contributed by atoms with E-state index >= 15 is 0 Å². The standard InChI is InChI=1S/C23H17Cl2FN2OS/c24-19-10-9-17(11-20(19)25)27-23(29)14-30-22-13-28(21-4-2-1-3-18(21)22)12-15-5-7-16(26)8-6-15/h1-11,13H,12,14H2,(H,27,29). The van der Waals surface area contributed by atoms with Crippen molar-refractivity contribution in [2.24, 2.45) is 0 Å². The van der Waals surface area contributed by atoms with E-state index in [1.54, 1.807) is 30.3 Å². The zero-order chi connectivity index (χ0) is 21.1. The summed E-state index contributed by atoms with van der Waals surface area (Å²) in [5.41, 5.74) is 2.68. The molecule has 3 nitrogen and oxygen atoms in total. The first kappa shape index (κ1) is 20.8. The van der Waals surface area contributed by atoms with E-state index in [1.807, 2.05) is 30.5 Å². The Hall–Kier alpha value is -2.47. The Morgan fingerprint density at radius 3 is 2.53 bits per heavy atom. The molecular weight excluding hydrogens is 442 g/mol. The summed E-state index contributed by atoms with van der Waals surface area (Å²) >= 11 is 13.4. The summed E-state index contributed by atoms with van der Waals surface area (Å²) in [7, 11) is 0. The van der Waals surface area contributed by atoms with Crippen molar-refractivity contribution in [2.75, 3.05) is 11.1 Å². The lowest BCUT2D eigenvalue weighted by Gasteiger charge is -2.06. The van der Waals surface area contributed by atoms with Gasteiger partial charge in [0, 0.05) is 34.2 Å². The Kier molecular flexibility index (Phi) is 6.32. The van der Waals surface area contributed by atoms with Crippen molar-refractivity contribution in [1.29, 1.82) is 0 Å². The van der Waals surface area contributed by atoms with E-state index in [0.29, 0.717) is 22.3 Å². The number of benzene rings is 3. The average molecular weight is 459 g/mol. The molecule has 1 heterocycles. The molecule has 0 unspecified atom stereocenters. The molecule has 0 bridgehead atoms. The molecule has 0 fully saturated rings. The van der Waals surface area contributed by atoms with Crippen LogP contribution < -0.4 is 5.32 Å². The largest absolute Gasteiger partial charge is 0.342 e. The van der Waals surface area contributed by atoms with Gasteiger partial charge in [-0.25, -0.2) is 4.39 Å². The Bertz CT molecular complexity index is 1210. The van der Waals surface area contributed by atoms with Crippen LogP contribution in [0.5, 0.6) is 0 Å². The average Bonchev–Trinajstić information content (AvgIpc) is 3.09. The topological polar surface area (TPSA) is 34.0 Å². The smallest absolute Gasteiger partial charge is 0.234 e. The van der Waals surface area contributed by atoms with Gasteiger partial charge in [0.25, 0.3) is 0 Å². The number of halogens is 3. The van der Waals surface area contributed by atoms with Crippen molar-refractivity contribution < 1.29 is 9.18 Å². The lowest BCUT2D eigenvalue weighted by Crippen LogP contribution is -2.13. The highest BCUT2D eigenvalue weighted by Crippen LogP contribution is 2.31. The van der Waals surface area contributed by atoms with Gasteiger partial charge in [-0.15, -0.1) is 11.8 Å². The Morgan fingerprint density at radius 2 is 1.77 bits per heavy atom. The lowest BCUT2D eigenvalue weighted by atomic mass is 10.2. The molecule has 3 aromatic carbocycles. The fourth-order valence-corrected chi connectivity index (χ4v) is 4.35.